The predicted octanol–water partition coefficient (Wildman–Crippen LogP) is 6.78. The van der Waals surface area contributed by atoms with Crippen molar-refractivity contribution < 1.29 is 22.8 Å². The maximum atomic E-state index is 12.8. The first-order chi connectivity index (χ1) is 14.3. The zero-order chi connectivity index (χ0) is 23.1. The predicted molar refractivity (Wildman–Crippen MR) is 122 cm³/mol. The van der Waals surface area contributed by atoms with Crippen LogP contribution in [0.4, 0.5) is 18.9 Å². The molecule has 0 radical (unpaired) electrons. The van der Waals surface area contributed by atoms with Gasteiger partial charge in [0.2, 0.25) is 5.91 Å². The van der Waals surface area contributed by atoms with Gasteiger partial charge in [0.25, 0.3) is 5.91 Å². The van der Waals surface area contributed by atoms with Gasteiger partial charge in [-0.25, -0.2) is 0 Å². The third-order valence-electron chi connectivity index (χ3n) is 4.51. The number of hydrogen-bond acceptors (Lipinski definition) is 2. The van der Waals surface area contributed by atoms with Gasteiger partial charge in [-0.05, 0) is 42.0 Å². The molecule has 1 saturated carbocycles. The highest BCUT2D eigenvalue weighted by Crippen LogP contribution is 2.67. The molecule has 2 N–H and O–H groups in total. The number of rotatable bonds is 5. The van der Waals surface area contributed by atoms with Crippen LogP contribution < -0.4 is 10.6 Å². The molecule has 2 amide bonds. The van der Waals surface area contributed by atoms with Crippen molar-refractivity contribution in [2.75, 3.05) is 11.9 Å². The Balaban J connectivity index is 1.75. The summed E-state index contributed by atoms with van der Waals surface area (Å²) in [7, 11) is 0. The second kappa shape index (κ2) is 9.09. The van der Waals surface area contributed by atoms with Crippen LogP contribution in [0.15, 0.2) is 36.4 Å². The first-order valence-corrected chi connectivity index (χ1v) is 11.3. The lowest BCUT2D eigenvalue weighted by atomic mass is 10.1. The Morgan fingerprint density at radius 2 is 1.65 bits per heavy atom. The van der Waals surface area contributed by atoms with Crippen LogP contribution in [-0.4, -0.2) is 27.8 Å². The Hall–Kier alpha value is -1.000. The van der Waals surface area contributed by atoms with E-state index < -0.39 is 27.8 Å². The number of hydrogen-bond donors (Lipinski definition) is 2. The fourth-order valence-corrected chi connectivity index (χ4v) is 5.58. The van der Waals surface area contributed by atoms with Crippen molar-refractivity contribution in [3.05, 3.63) is 62.6 Å². The van der Waals surface area contributed by atoms with Gasteiger partial charge < -0.3 is 10.6 Å². The SMILES string of the molecule is O=C(NCC(F)(F)F)c1cc(NC(=O)C2C(c3cc(Cl)cc(Cl)c3)C2(Br)Br)ccc1Cl. The van der Waals surface area contributed by atoms with Gasteiger partial charge in [-0.3, -0.25) is 9.59 Å². The molecule has 31 heavy (non-hydrogen) atoms. The highest BCUT2D eigenvalue weighted by atomic mass is 79.9. The summed E-state index contributed by atoms with van der Waals surface area (Å²) in [5, 5.41) is 5.21. The van der Waals surface area contributed by atoms with E-state index in [-0.39, 0.29) is 28.1 Å². The Labute approximate surface area is 207 Å². The van der Waals surface area contributed by atoms with Crippen LogP contribution in [0.3, 0.4) is 0 Å². The number of amides is 2. The lowest BCUT2D eigenvalue weighted by molar-refractivity contribution is -0.123. The van der Waals surface area contributed by atoms with Crippen molar-refractivity contribution in [3.63, 3.8) is 0 Å². The number of carbonyl (C=O) groups is 2. The van der Waals surface area contributed by atoms with Crippen LogP contribution >= 0.6 is 66.7 Å². The fourth-order valence-electron chi connectivity index (χ4n) is 3.10. The number of halogens is 8. The highest BCUT2D eigenvalue weighted by molar-refractivity contribution is 9.25. The summed E-state index contributed by atoms with van der Waals surface area (Å²) in [4.78, 5) is 24.9. The van der Waals surface area contributed by atoms with Gasteiger partial charge >= 0.3 is 6.18 Å². The van der Waals surface area contributed by atoms with Gasteiger partial charge in [0, 0.05) is 21.7 Å². The zero-order valence-electron chi connectivity index (χ0n) is 15.2. The summed E-state index contributed by atoms with van der Waals surface area (Å²) in [6, 6.07) is 8.95. The number of anilines is 1. The van der Waals surface area contributed by atoms with E-state index in [0.29, 0.717) is 10.0 Å². The minimum absolute atomic E-state index is 0.0501. The van der Waals surface area contributed by atoms with Crippen LogP contribution in [0.2, 0.25) is 15.1 Å². The van der Waals surface area contributed by atoms with Crippen LogP contribution in [-0.2, 0) is 4.79 Å². The summed E-state index contributed by atoms with van der Waals surface area (Å²) in [6.07, 6.45) is -4.56. The third-order valence-corrected chi connectivity index (χ3v) is 7.25. The molecule has 2 aromatic rings. The molecule has 2 aromatic carbocycles. The van der Waals surface area contributed by atoms with Gasteiger partial charge in [-0.1, -0.05) is 66.7 Å². The Morgan fingerprint density at radius 1 is 1.03 bits per heavy atom. The third kappa shape index (κ3) is 5.87. The molecule has 12 heteroatoms. The summed E-state index contributed by atoms with van der Waals surface area (Å²) < 4.78 is 36.3. The zero-order valence-corrected chi connectivity index (χ0v) is 20.6. The fraction of sp³-hybridized carbons (Fsp3) is 0.263. The van der Waals surface area contributed by atoms with E-state index in [1.165, 1.54) is 18.2 Å². The van der Waals surface area contributed by atoms with Crippen molar-refractivity contribution in [1.29, 1.82) is 0 Å². The molecule has 0 aromatic heterocycles. The first-order valence-electron chi connectivity index (χ1n) is 8.59. The van der Waals surface area contributed by atoms with Crippen LogP contribution in [0.5, 0.6) is 0 Å². The number of carbonyl (C=O) groups excluding carboxylic acids is 2. The van der Waals surface area contributed by atoms with Crippen LogP contribution in [0, 0.1) is 5.92 Å². The summed E-state index contributed by atoms with van der Waals surface area (Å²) in [5.41, 5.74) is 0.758. The van der Waals surface area contributed by atoms with Crippen molar-refractivity contribution in [1.82, 2.24) is 5.32 Å². The minimum Gasteiger partial charge on any atom is -0.343 e. The molecule has 0 bridgehead atoms. The van der Waals surface area contributed by atoms with E-state index in [1.807, 2.05) is 0 Å². The smallest absolute Gasteiger partial charge is 0.343 e. The van der Waals surface area contributed by atoms with Gasteiger partial charge in [-0.15, -0.1) is 0 Å². The second-order valence-corrected chi connectivity index (χ2v) is 11.8. The normalized spacial score (nSPS) is 19.6. The molecule has 0 aliphatic heterocycles. The Bertz CT molecular complexity index is 1030. The van der Waals surface area contributed by atoms with Crippen molar-refractivity contribution >= 4 is 84.2 Å². The van der Waals surface area contributed by atoms with Crippen LogP contribution in [0.1, 0.15) is 21.8 Å². The molecule has 1 fully saturated rings. The molecule has 3 rings (SSSR count). The standard InChI is InChI=1S/C19H12Br2Cl3F3N2O2/c20-19(21)14(8-3-9(22)5-10(23)4-8)15(19)17(31)29-11-1-2-13(24)12(6-11)16(30)28-7-18(25,26)27/h1-6,14-15H,7H2,(H,28,30)(H,29,31). The topological polar surface area (TPSA) is 58.2 Å². The average Bonchev–Trinajstić information content (AvgIpc) is 3.22. The molecule has 166 valence electrons. The first kappa shape index (κ1) is 24.6. The van der Waals surface area contributed by atoms with Gasteiger partial charge in [0.15, 0.2) is 0 Å². The Kier molecular flexibility index (Phi) is 7.23. The van der Waals surface area contributed by atoms with Crippen molar-refractivity contribution in [3.8, 4) is 0 Å². The maximum absolute atomic E-state index is 12.8. The molecule has 0 heterocycles. The Morgan fingerprint density at radius 3 is 2.23 bits per heavy atom. The lowest BCUT2D eigenvalue weighted by Crippen LogP contribution is -2.33. The van der Waals surface area contributed by atoms with E-state index in [2.05, 4.69) is 37.2 Å². The number of nitrogens with one attached hydrogen (secondary N) is 2. The number of benzene rings is 2. The summed E-state index contributed by atoms with van der Waals surface area (Å²) in [6.45, 7) is -1.50. The lowest BCUT2D eigenvalue weighted by Gasteiger charge is -2.11. The van der Waals surface area contributed by atoms with Crippen molar-refractivity contribution in [2.24, 2.45) is 5.92 Å². The van der Waals surface area contributed by atoms with E-state index >= 15 is 0 Å². The monoisotopic (exact) mass is 620 g/mol. The van der Waals surface area contributed by atoms with Crippen molar-refractivity contribution in [2.45, 2.75) is 15.3 Å². The molecule has 1 aliphatic carbocycles. The quantitative estimate of drug-likeness (QED) is 0.361. The van der Waals surface area contributed by atoms with E-state index in [0.717, 1.165) is 5.56 Å². The molecular formula is C19H12Br2Cl3F3N2O2. The van der Waals surface area contributed by atoms with Gasteiger partial charge in [0.05, 0.1) is 16.5 Å². The average molecular weight is 623 g/mol. The molecular weight excluding hydrogens is 611 g/mol. The largest absolute Gasteiger partial charge is 0.405 e. The maximum Gasteiger partial charge on any atom is 0.405 e. The molecule has 2 atom stereocenters. The second-order valence-electron chi connectivity index (χ2n) is 6.81. The highest BCUT2D eigenvalue weighted by Gasteiger charge is 2.66. The molecule has 2 unspecified atom stereocenters. The molecule has 0 spiro atoms. The van der Waals surface area contributed by atoms with Gasteiger partial charge in [-0.2, -0.15) is 13.2 Å². The summed E-state index contributed by atoms with van der Waals surface area (Å²) >= 11 is 25.0. The van der Waals surface area contributed by atoms with E-state index in [4.69, 9.17) is 34.8 Å². The summed E-state index contributed by atoms with van der Waals surface area (Å²) in [5.74, 6) is -2.24. The van der Waals surface area contributed by atoms with Gasteiger partial charge in [0.1, 0.15) is 9.78 Å². The van der Waals surface area contributed by atoms with E-state index in [9.17, 15) is 22.8 Å². The van der Waals surface area contributed by atoms with Crippen LogP contribution in [0.25, 0.3) is 0 Å². The molecule has 0 saturated heterocycles. The number of alkyl halides is 5. The molecule has 4 nitrogen and oxygen atoms in total. The minimum atomic E-state index is -4.56. The van der Waals surface area contributed by atoms with E-state index in [1.54, 1.807) is 23.5 Å². The molecule has 1 aliphatic rings.